The average Bonchev–Trinajstić information content (AvgIpc) is 2.67. The Labute approximate surface area is 86.6 Å². The molecule has 0 spiro atoms. The Balaban J connectivity index is 2.07. The molecule has 1 amide bonds. The fourth-order valence-electron chi connectivity index (χ4n) is 1.90. The van der Waals surface area contributed by atoms with Crippen LogP contribution in [0.5, 0.6) is 0 Å². The van der Waals surface area contributed by atoms with E-state index in [4.69, 9.17) is 0 Å². The smallest absolute Gasteiger partial charge is 0.219 e. The highest BCUT2D eigenvalue weighted by Crippen LogP contribution is 2.11. The summed E-state index contributed by atoms with van der Waals surface area (Å²) in [7, 11) is 0. The molecule has 1 heterocycles. The second-order valence-corrected chi connectivity index (χ2v) is 4.19. The third-order valence-electron chi connectivity index (χ3n) is 2.84. The van der Waals surface area contributed by atoms with Crippen LogP contribution in [-0.2, 0) is 4.79 Å². The molecule has 1 aliphatic rings. The van der Waals surface area contributed by atoms with E-state index in [2.05, 4.69) is 17.6 Å². The monoisotopic (exact) mass is 198 g/mol. The highest BCUT2D eigenvalue weighted by molar-refractivity contribution is 5.75. The van der Waals surface area contributed by atoms with Crippen LogP contribution in [0.1, 0.15) is 46.0 Å². The van der Waals surface area contributed by atoms with Crippen LogP contribution in [0.2, 0.25) is 0 Å². The summed E-state index contributed by atoms with van der Waals surface area (Å²) in [6.45, 7) is 5.14. The van der Waals surface area contributed by atoms with Crippen LogP contribution in [0, 0.1) is 0 Å². The van der Waals surface area contributed by atoms with E-state index in [1.165, 1.54) is 25.8 Å². The van der Waals surface area contributed by atoms with Gasteiger partial charge in [0.25, 0.3) is 0 Å². The minimum absolute atomic E-state index is 0.164. The number of amides is 1. The number of carbonyl (C=O) groups is 1. The summed E-state index contributed by atoms with van der Waals surface area (Å²) in [6.07, 6.45) is 5.47. The van der Waals surface area contributed by atoms with Gasteiger partial charge in [-0.25, -0.2) is 0 Å². The lowest BCUT2D eigenvalue weighted by Gasteiger charge is -2.16. The fraction of sp³-hybridized carbons (Fsp3) is 0.909. The molecule has 3 nitrogen and oxygen atoms in total. The molecule has 2 N–H and O–H groups in total. The molecule has 0 aromatic rings. The first-order valence-electron chi connectivity index (χ1n) is 5.75. The topological polar surface area (TPSA) is 41.1 Å². The Bertz CT molecular complexity index is 176. The summed E-state index contributed by atoms with van der Waals surface area (Å²) in [4.78, 5) is 11.1. The molecule has 0 aromatic heterocycles. The summed E-state index contributed by atoms with van der Waals surface area (Å²) in [5.74, 6) is 0.164. The van der Waals surface area contributed by atoms with Gasteiger partial charge in [0.2, 0.25) is 5.91 Å². The van der Waals surface area contributed by atoms with Crippen molar-refractivity contribution in [3.63, 3.8) is 0 Å². The van der Waals surface area contributed by atoms with E-state index in [0.717, 1.165) is 6.42 Å². The molecular formula is C11H22N2O. The van der Waals surface area contributed by atoms with Gasteiger partial charge in [-0.2, -0.15) is 0 Å². The van der Waals surface area contributed by atoms with Gasteiger partial charge in [0.05, 0.1) is 0 Å². The zero-order valence-corrected chi connectivity index (χ0v) is 9.31. The standard InChI is InChI=1S/C11H22N2O/c1-3-11(14)13-9(2)6-7-10-5-4-8-12-10/h9-10,12H,3-8H2,1-2H3,(H,13,14). The number of rotatable bonds is 5. The van der Waals surface area contributed by atoms with Crippen LogP contribution in [0.25, 0.3) is 0 Å². The highest BCUT2D eigenvalue weighted by atomic mass is 16.1. The number of hydrogen-bond acceptors (Lipinski definition) is 2. The quantitative estimate of drug-likeness (QED) is 0.701. The van der Waals surface area contributed by atoms with Gasteiger partial charge in [-0.05, 0) is 39.2 Å². The van der Waals surface area contributed by atoms with Gasteiger partial charge >= 0.3 is 0 Å². The first-order chi connectivity index (χ1) is 6.72. The molecular weight excluding hydrogens is 176 g/mol. The molecule has 14 heavy (non-hydrogen) atoms. The summed E-state index contributed by atoms with van der Waals surface area (Å²) in [5.41, 5.74) is 0. The first kappa shape index (κ1) is 11.5. The summed E-state index contributed by atoms with van der Waals surface area (Å²) < 4.78 is 0. The summed E-state index contributed by atoms with van der Waals surface area (Å²) in [5, 5.41) is 6.45. The van der Waals surface area contributed by atoms with Crippen LogP contribution in [0.4, 0.5) is 0 Å². The Morgan fingerprint density at radius 3 is 3.00 bits per heavy atom. The molecule has 0 bridgehead atoms. The van der Waals surface area contributed by atoms with Crippen LogP contribution in [0.15, 0.2) is 0 Å². The Kier molecular flexibility index (Phi) is 4.94. The lowest BCUT2D eigenvalue weighted by atomic mass is 10.1. The van der Waals surface area contributed by atoms with Crippen molar-refractivity contribution in [1.29, 1.82) is 0 Å². The lowest BCUT2D eigenvalue weighted by Crippen LogP contribution is -2.33. The maximum absolute atomic E-state index is 11.1. The van der Waals surface area contributed by atoms with Gasteiger partial charge in [-0.1, -0.05) is 6.92 Å². The minimum Gasteiger partial charge on any atom is -0.354 e. The van der Waals surface area contributed by atoms with Crippen molar-refractivity contribution in [2.75, 3.05) is 6.54 Å². The normalized spacial score (nSPS) is 23.4. The average molecular weight is 198 g/mol. The predicted octanol–water partition coefficient (Wildman–Crippen LogP) is 1.43. The number of carbonyl (C=O) groups excluding carboxylic acids is 1. The molecule has 1 aliphatic heterocycles. The second kappa shape index (κ2) is 6.02. The van der Waals surface area contributed by atoms with Crippen LogP contribution >= 0.6 is 0 Å². The van der Waals surface area contributed by atoms with Crippen molar-refractivity contribution >= 4 is 5.91 Å². The van der Waals surface area contributed by atoms with Crippen LogP contribution in [-0.4, -0.2) is 24.5 Å². The second-order valence-electron chi connectivity index (χ2n) is 4.19. The van der Waals surface area contributed by atoms with Crippen molar-refractivity contribution in [2.24, 2.45) is 0 Å². The molecule has 2 unspecified atom stereocenters. The molecule has 1 fully saturated rings. The van der Waals surface area contributed by atoms with Crippen LogP contribution < -0.4 is 10.6 Å². The van der Waals surface area contributed by atoms with E-state index in [1.807, 2.05) is 6.92 Å². The minimum atomic E-state index is 0.164. The molecule has 82 valence electrons. The SMILES string of the molecule is CCC(=O)NC(C)CCC1CCCN1. The molecule has 1 rings (SSSR count). The lowest BCUT2D eigenvalue weighted by molar-refractivity contribution is -0.121. The van der Waals surface area contributed by atoms with Gasteiger partial charge < -0.3 is 10.6 Å². The number of hydrogen-bond donors (Lipinski definition) is 2. The van der Waals surface area contributed by atoms with Gasteiger partial charge in [-0.15, -0.1) is 0 Å². The van der Waals surface area contributed by atoms with E-state index in [1.54, 1.807) is 0 Å². The van der Waals surface area contributed by atoms with Crippen molar-refractivity contribution in [3.8, 4) is 0 Å². The van der Waals surface area contributed by atoms with Crippen molar-refractivity contribution in [2.45, 2.75) is 58.0 Å². The van der Waals surface area contributed by atoms with E-state index >= 15 is 0 Å². The molecule has 1 saturated heterocycles. The maximum Gasteiger partial charge on any atom is 0.219 e. The van der Waals surface area contributed by atoms with Crippen molar-refractivity contribution < 1.29 is 4.79 Å². The van der Waals surface area contributed by atoms with Gasteiger partial charge in [0.1, 0.15) is 0 Å². The third-order valence-corrected chi connectivity index (χ3v) is 2.84. The van der Waals surface area contributed by atoms with E-state index in [0.29, 0.717) is 18.5 Å². The van der Waals surface area contributed by atoms with E-state index < -0.39 is 0 Å². The first-order valence-corrected chi connectivity index (χ1v) is 5.75. The molecule has 0 saturated carbocycles. The zero-order chi connectivity index (χ0) is 10.4. The summed E-state index contributed by atoms with van der Waals surface area (Å²) in [6, 6.07) is 1.01. The van der Waals surface area contributed by atoms with Crippen LogP contribution in [0.3, 0.4) is 0 Å². The van der Waals surface area contributed by atoms with E-state index in [9.17, 15) is 4.79 Å². The van der Waals surface area contributed by atoms with Gasteiger partial charge in [0, 0.05) is 18.5 Å². The number of nitrogens with one attached hydrogen (secondary N) is 2. The molecule has 2 atom stereocenters. The summed E-state index contributed by atoms with van der Waals surface area (Å²) >= 11 is 0. The maximum atomic E-state index is 11.1. The van der Waals surface area contributed by atoms with Crippen molar-refractivity contribution in [1.82, 2.24) is 10.6 Å². The fourth-order valence-corrected chi connectivity index (χ4v) is 1.90. The Hall–Kier alpha value is -0.570. The zero-order valence-electron chi connectivity index (χ0n) is 9.31. The van der Waals surface area contributed by atoms with E-state index in [-0.39, 0.29) is 5.91 Å². The molecule has 0 radical (unpaired) electrons. The highest BCUT2D eigenvalue weighted by Gasteiger charge is 2.15. The predicted molar refractivity (Wildman–Crippen MR) is 58.2 cm³/mol. The molecule has 3 heteroatoms. The largest absolute Gasteiger partial charge is 0.354 e. The Morgan fingerprint density at radius 2 is 2.43 bits per heavy atom. The van der Waals surface area contributed by atoms with Crippen molar-refractivity contribution in [3.05, 3.63) is 0 Å². The Morgan fingerprint density at radius 1 is 1.64 bits per heavy atom. The van der Waals surface area contributed by atoms with Gasteiger partial charge in [-0.3, -0.25) is 4.79 Å². The molecule has 0 aliphatic carbocycles. The molecule has 0 aromatic carbocycles. The third kappa shape index (κ3) is 4.09. The van der Waals surface area contributed by atoms with Gasteiger partial charge in [0.15, 0.2) is 0 Å².